The van der Waals surface area contributed by atoms with E-state index in [9.17, 15) is 14.9 Å². The highest BCUT2D eigenvalue weighted by atomic mass is 16.7. The van der Waals surface area contributed by atoms with Crippen molar-refractivity contribution in [1.82, 2.24) is 5.01 Å². The number of hydrazone groups is 1. The molecule has 0 aromatic heterocycles. The highest BCUT2D eigenvalue weighted by Gasteiger charge is 2.23. The molecule has 2 aromatic carbocycles. The van der Waals surface area contributed by atoms with Crippen LogP contribution in [0.3, 0.4) is 0 Å². The first kappa shape index (κ1) is 15.8. The molecule has 0 bridgehead atoms. The fourth-order valence-corrected chi connectivity index (χ4v) is 2.87. The van der Waals surface area contributed by atoms with Gasteiger partial charge in [0, 0.05) is 29.0 Å². The zero-order valence-corrected chi connectivity index (χ0v) is 13.7. The van der Waals surface area contributed by atoms with Crippen LogP contribution in [0.25, 0.3) is 6.08 Å². The predicted molar refractivity (Wildman–Crippen MR) is 92.9 cm³/mol. The van der Waals surface area contributed by atoms with E-state index in [1.54, 1.807) is 25.1 Å². The van der Waals surface area contributed by atoms with Gasteiger partial charge in [-0.1, -0.05) is 0 Å². The number of carbonyl (C=O) groups is 1. The molecular formula is C18H13N3O5. The van der Waals surface area contributed by atoms with E-state index >= 15 is 0 Å². The average Bonchev–Trinajstić information content (AvgIpc) is 3.04. The molecule has 130 valence electrons. The van der Waals surface area contributed by atoms with Gasteiger partial charge in [-0.05, 0) is 42.8 Å². The summed E-state index contributed by atoms with van der Waals surface area (Å²) in [7, 11) is 0. The molecule has 8 nitrogen and oxygen atoms in total. The van der Waals surface area contributed by atoms with E-state index in [4.69, 9.17) is 9.47 Å². The lowest BCUT2D eigenvalue weighted by atomic mass is 9.96. The Morgan fingerprint density at radius 2 is 1.88 bits per heavy atom. The maximum atomic E-state index is 11.4. The molecule has 0 radical (unpaired) electrons. The number of rotatable bonds is 3. The maximum absolute atomic E-state index is 11.4. The van der Waals surface area contributed by atoms with Gasteiger partial charge < -0.3 is 9.47 Å². The summed E-state index contributed by atoms with van der Waals surface area (Å²) in [6.45, 7) is 1.91. The molecule has 0 atom stereocenters. The first-order valence-electron chi connectivity index (χ1n) is 7.77. The summed E-state index contributed by atoms with van der Waals surface area (Å²) in [5.74, 6) is 1.21. The fraction of sp³-hybridized carbons (Fsp3) is 0.111. The van der Waals surface area contributed by atoms with E-state index in [1.165, 1.54) is 17.1 Å². The molecule has 2 aromatic rings. The van der Waals surface area contributed by atoms with Crippen molar-refractivity contribution in [3.05, 3.63) is 68.9 Å². The Labute approximate surface area is 148 Å². The van der Waals surface area contributed by atoms with Gasteiger partial charge in [0.1, 0.15) is 0 Å². The van der Waals surface area contributed by atoms with Gasteiger partial charge in [-0.2, -0.15) is 5.10 Å². The van der Waals surface area contributed by atoms with E-state index in [0.717, 1.165) is 11.1 Å². The van der Waals surface area contributed by atoms with Crippen LogP contribution in [-0.4, -0.2) is 28.8 Å². The molecule has 26 heavy (non-hydrogen) atoms. The molecule has 2 aliphatic rings. The lowest BCUT2D eigenvalue weighted by Gasteiger charge is -2.12. The Morgan fingerprint density at radius 3 is 2.54 bits per heavy atom. The summed E-state index contributed by atoms with van der Waals surface area (Å²) in [5.41, 5.74) is 3.33. The van der Waals surface area contributed by atoms with Gasteiger partial charge in [-0.3, -0.25) is 14.9 Å². The number of allylic oxidation sites excluding steroid dienone is 1. The van der Waals surface area contributed by atoms with Crippen molar-refractivity contribution in [2.45, 2.75) is 6.92 Å². The second kappa shape index (κ2) is 5.99. The van der Waals surface area contributed by atoms with Gasteiger partial charge in [-0.25, -0.2) is 5.01 Å². The van der Waals surface area contributed by atoms with Gasteiger partial charge in [-0.15, -0.1) is 0 Å². The number of nitro benzene ring substituents is 1. The van der Waals surface area contributed by atoms with Gasteiger partial charge in [0.25, 0.3) is 5.69 Å². The van der Waals surface area contributed by atoms with Crippen LogP contribution in [0.1, 0.15) is 23.6 Å². The first-order chi connectivity index (χ1) is 12.6. The van der Waals surface area contributed by atoms with E-state index < -0.39 is 4.92 Å². The van der Waals surface area contributed by atoms with Crippen molar-refractivity contribution in [2.75, 3.05) is 6.79 Å². The minimum atomic E-state index is -0.464. The van der Waals surface area contributed by atoms with Crippen molar-refractivity contribution in [3.63, 3.8) is 0 Å². The number of non-ortho nitro benzene ring substituents is 1. The van der Waals surface area contributed by atoms with Crippen LogP contribution in [0, 0.1) is 10.1 Å². The van der Waals surface area contributed by atoms with Crippen LogP contribution >= 0.6 is 0 Å². The highest BCUT2D eigenvalue weighted by Crippen LogP contribution is 2.37. The zero-order chi connectivity index (χ0) is 18.3. The molecule has 0 N–H and O–H groups in total. The fourth-order valence-electron chi connectivity index (χ4n) is 2.87. The molecule has 0 saturated carbocycles. The highest BCUT2D eigenvalue weighted by molar-refractivity contribution is 6.15. The molecular weight excluding hydrogens is 338 g/mol. The zero-order valence-electron chi connectivity index (χ0n) is 13.7. The summed E-state index contributed by atoms with van der Waals surface area (Å²) < 4.78 is 10.9. The summed E-state index contributed by atoms with van der Waals surface area (Å²) >= 11 is 0. The van der Waals surface area contributed by atoms with E-state index in [1.807, 2.05) is 12.1 Å². The molecule has 1 amide bonds. The standard InChI is InChI=1S/C18H13N3O5/c1-11-6-13-7-16-17(26-10-25-16)8-15(13)18(19-20(11)9-22)12-2-4-14(5-3-12)21(23)24/h2-9H,10H2,1H3. The van der Waals surface area contributed by atoms with Gasteiger partial charge in [0.15, 0.2) is 11.5 Å². The number of amides is 1. The lowest BCUT2D eigenvalue weighted by molar-refractivity contribution is -0.384. The van der Waals surface area contributed by atoms with Crippen molar-refractivity contribution >= 4 is 23.9 Å². The summed E-state index contributed by atoms with van der Waals surface area (Å²) in [4.78, 5) is 21.9. The Morgan fingerprint density at radius 1 is 1.19 bits per heavy atom. The first-order valence-corrected chi connectivity index (χ1v) is 7.77. The van der Waals surface area contributed by atoms with Gasteiger partial charge in [0.05, 0.1) is 10.6 Å². The topological polar surface area (TPSA) is 94.3 Å². The molecule has 2 aliphatic heterocycles. The third-order valence-corrected chi connectivity index (χ3v) is 4.18. The van der Waals surface area contributed by atoms with Crippen molar-refractivity contribution in [2.24, 2.45) is 5.10 Å². The number of hydrogen-bond donors (Lipinski definition) is 0. The molecule has 8 heteroatoms. The molecule has 2 heterocycles. The normalized spacial score (nSPS) is 14.9. The Hall–Kier alpha value is -3.68. The number of carbonyl (C=O) groups excluding carboxylic acids is 1. The summed E-state index contributed by atoms with van der Waals surface area (Å²) in [5, 5.41) is 16.6. The smallest absolute Gasteiger partial charge is 0.269 e. The largest absolute Gasteiger partial charge is 0.454 e. The summed E-state index contributed by atoms with van der Waals surface area (Å²) in [6.07, 6.45) is 2.44. The molecule has 4 rings (SSSR count). The number of hydrogen-bond acceptors (Lipinski definition) is 6. The molecule has 0 spiro atoms. The monoisotopic (exact) mass is 351 g/mol. The van der Waals surface area contributed by atoms with E-state index in [-0.39, 0.29) is 12.5 Å². The molecule has 0 unspecified atom stereocenters. The number of fused-ring (bicyclic) bond motifs is 2. The van der Waals surface area contributed by atoms with Crippen LogP contribution in [0.4, 0.5) is 5.69 Å². The number of ether oxygens (including phenoxy) is 2. The SMILES string of the molecule is CC1=Cc2cc3c(cc2C(c2ccc([N+](=O)[O-])cc2)=NN1C=O)OCO3. The Bertz CT molecular complexity index is 979. The molecule has 0 fully saturated rings. The van der Waals surface area contributed by atoms with E-state index in [0.29, 0.717) is 34.9 Å². The number of nitro groups is 1. The predicted octanol–water partition coefficient (Wildman–Crippen LogP) is 2.91. The number of nitrogens with zero attached hydrogens (tertiary/aromatic N) is 3. The molecule has 0 aliphatic carbocycles. The minimum Gasteiger partial charge on any atom is -0.454 e. The third-order valence-electron chi connectivity index (χ3n) is 4.18. The average molecular weight is 351 g/mol. The van der Waals surface area contributed by atoms with Gasteiger partial charge in [0.2, 0.25) is 13.2 Å². The van der Waals surface area contributed by atoms with Crippen molar-refractivity contribution in [1.29, 1.82) is 0 Å². The van der Waals surface area contributed by atoms with Crippen molar-refractivity contribution < 1.29 is 19.2 Å². The number of benzene rings is 2. The van der Waals surface area contributed by atoms with E-state index in [2.05, 4.69) is 5.10 Å². The molecule has 0 saturated heterocycles. The quantitative estimate of drug-likeness (QED) is 0.481. The Balaban J connectivity index is 1.90. The third kappa shape index (κ3) is 2.57. The minimum absolute atomic E-state index is 0.0181. The van der Waals surface area contributed by atoms with Gasteiger partial charge >= 0.3 is 0 Å². The van der Waals surface area contributed by atoms with Crippen LogP contribution in [0.15, 0.2) is 47.2 Å². The lowest BCUT2D eigenvalue weighted by Crippen LogP contribution is -2.15. The van der Waals surface area contributed by atoms with Crippen LogP contribution < -0.4 is 9.47 Å². The Kier molecular flexibility index (Phi) is 3.65. The summed E-state index contributed by atoms with van der Waals surface area (Å²) in [6, 6.07) is 9.65. The van der Waals surface area contributed by atoms with Crippen LogP contribution in [-0.2, 0) is 4.79 Å². The second-order valence-electron chi connectivity index (χ2n) is 5.78. The second-order valence-corrected chi connectivity index (χ2v) is 5.78. The van der Waals surface area contributed by atoms with Crippen LogP contribution in [0.2, 0.25) is 0 Å². The van der Waals surface area contributed by atoms with Crippen molar-refractivity contribution in [3.8, 4) is 11.5 Å². The van der Waals surface area contributed by atoms with Crippen LogP contribution in [0.5, 0.6) is 11.5 Å². The maximum Gasteiger partial charge on any atom is 0.269 e.